The minimum atomic E-state index is -1.11. The molecule has 0 bridgehead atoms. The van der Waals surface area contributed by atoms with Crippen LogP contribution in [0.2, 0.25) is 0 Å². The molecule has 0 radical (unpaired) electrons. The van der Waals surface area contributed by atoms with Crippen LogP contribution in [0.3, 0.4) is 0 Å². The molecular formula is C15H29NO8. The van der Waals surface area contributed by atoms with Crippen molar-refractivity contribution in [2.75, 3.05) is 66.0 Å². The molecule has 0 aliphatic rings. The number of carboxylic acid groups (broad SMARTS) is 1. The minimum absolute atomic E-state index is 0.212. The van der Waals surface area contributed by atoms with Gasteiger partial charge < -0.3 is 34.1 Å². The number of hydrogen-bond acceptors (Lipinski definition) is 7. The summed E-state index contributed by atoms with van der Waals surface area (Å²) in [4.78, 5) is 21.4. The van der Waals surface area contributed by atoms with E-state index in [9.17, 15) is 9.59 Å². The van der Waals surface area contributed by atoms with Crippen molar-refractivity contribution >= 4 is 11.9 Å². The van der Waals surface area contributed by atoms with E-state index in [-0.39, 0.29) is 18.6 Å². The van der Waals surface area contributed by atoms with Gasteiger partial charge in [-0.1, -0.05) is 0 Å². The second-order valence-electron chi connectivity index (χ2n) is 4.99. The summed E-state index contributed by atoms with van der Waals surface area (Å²) in [5.41, 5.74) is 0. The topological polar surface area (TPSA) is 113 Å². The predicted molar refractivity (Wildman–Crippen MR) is 85.0 cm³/mol. The van der Waals surface area contributed by atoms with Gasteiger partial charge in [0.15, 0.2) is 0 Å². The summed E-state index contributed by atoms with van der Waals surface area (Å²) in [6.07, 6.45) is 0.212. The van der Waals surface area contributed by atoms with Gasteiger partial charge >= 0.3 is 5.97 Å². The van der Waals surface area contributed by atoms with Crippen LogP contribution in [0.4, 0.5) is 0 Å². The molecule has 0 aromatic rings. The fourth-order valence-corrected chi connectivity index (χ4v) is 1.43. The lowest BCUT2D eigenvalue weighted by Gasteiger charge is -2.09. The van der Waals surface area contributed by atoms with E-state index in [2.05, 4.69) is 10.1 Å². The quantitative estimate of drug-likeness (QED) is 0.343. The second kappa shape index (κ2) is 16.6. The number of rotatable bonds is 17. The average molecular weight is 351 g/mol. The van der Waals surface area contributed by atoms with Crippen LogP contribution >= 0.6 is 0 Å². The molecule has 0 saturated carbocycles. The molecule has 24 heavy (non-hydrogen) atoms. The lowest BCUT2D eigenvalue weighted by Crippen LogP contribution is -2.31. The van der Waals surface area contributed by atoms with Gasteiger partial charge in [-0.25, -0.2) is 4.79 Å². The average Bonchev–Trinajstić information content (AvgIpc) is 2.51. The fraction of sp³-hybridized carbons (Fsp3) is 0.867. The number of amides is 1. The van der Waals surface area contributed by atoms with Crippen molar-refractivity contribution in [1.82, 2.24) is 5.32 Å². The van der Waals surface area contributed by atoms with Crippen molar-refractivity contribution in [1.29, 1.82) is 0 Å². The number of carbonyl (C=O) groups excluding carboxylic acids is 1. The van der Waals surface area contributed by atoms with Gasteiger partial charge in [-0.3, -0.25) is 4.79 Å². The first-order valence-electron chi connectivity index (χ1n) is 7.93. The zero-order valence-corrected chi connectivity index (χ0v) is 14.5. The maximum atomic E-state index is 11.2. The Morgan fingerprint density at radius 1 is 0.833 bits per heavy atom. The summed E-state index contributed by atoms with van der Waals surface area (Å²) in [7, 11) is 0. The predicted octanol–water partition coefficient (Wildman–Crippen LogP) is -0.321. The van der Waals surface area contributed by atoms with Gasteiger partial charge in [0, 0.05) is 6.54 Å². The first-order chi connectivity index (χ1) is 11.5. The highest BCUT2D eigenvalue weighted by Crippen LogP contribution is 1.87. The van der Waals surface area contributed by atoms with E-state index < -0.39 is 12.6 Å². The van der Waals surface area contributed by atoms with Crippen molar-refractivity contribution in [3.8, 4) is 0 Å². The van der Waals surface area contributed by atoms with Crippen molar-refractivity contribution in [2.24, 2.45) is 0 Å². The summed E-state index contributed by atoms with van der Waals surface area (Å²) in [5.74, 6) is -1.49. The zero-order chi connectivity index (χ0) is 18.0. The summed E-state index contributed by atoms with van der Waals surface area (Å²) in [6.45, 7) is 6.84. The van der Waals surface area contributed by atoms with Crippen LogP contribution in [0, 0.1) is 0 Å². The van der Waals surface area contributed by atoms with Crippen LogP contribution < -0.4 is 5.32 Å². The first kappa shape index (κ1) is 22.7. The molecule has 0 heterocycles. The Morgan fingerprint density at radius 3 is 1.92 bits per heavy atom. The summed E-state index contributed by atoms with van der Waals surface area (Å²) in [6, 6.07) is 0. The van der Waals surface area contributed by atoms with Gasteiger partial charge in [-0.15, -0.1) is 0 Å². The third-order valence-electron chi connectivity index (χ3n) is 2.45. The monoisotopic (exact) mass is 351 g/mol. The van der Waals surface area contributed by atoms with Crippen molar-refractivity contribution < 1.29 is 38.4 Å². The number of hydrogen-bond donors (Lipinski definition) is 2. The summed E-state index contributed by atoms with van der Waals surface area (Å²) < 4.78 is 25.8. The highest BCUT2D eigenvalue weighted by Gasteiger charge is 2.02. The van der Waals surface area contributed by atoms with Gasteiger partial charge in [0.1, 0.15) is 13.2 Å². The standard InChI is InChI=1S/C15H29NO8/c1-13(2)24-10-9-22-8-7-21-6-5-20-4-3-16-14(17)11-23-12-15(18)19/h13H,3-12H2,1-2H3,(H,16,17)(H,18,19). The lowest BCUT2D eigenvalue weighted by atomic mass is 10.5. The summed E-state index contributed by atoms with van der Waals surface area (Å²) >= 11 is 0. The molecule has 142 valence electrons. The molecule has 0 spiro atoms. The van der Waals surface area contributed by atoms with Crippen molar-refractivity contribution in [3.63, 3.8) is 0 Å². The van der Waals surface area contributed by atoms with Gasteiger partial charge in [-0.2, -0.15) is 0 Å². The van der Waals surface area contributed by atoms with E-state index in [1.165, 1.54) is 0 Å². The summed E-state index contributed by atoms with van der Waals surface area (Å²) in [5, 5.41) is 10.9. The third-order valence-corrected chi connectivity index (χ3v) is 2.45. The molecule has 0 aliphatic heterocycles. The van der Waals surface area contributed by atoms with Crippen LogP contribution in [0.25, 0.3) is 0 Å². The molecule has 0 saturated heterocycles. The van der Waals surface area contributed by atoms with Crippen LogP contribution in [0.5, 0.6) is 0 Å². The Balaban J connectivity index is 3.14. The Morgan fingerprint density at radius 2 is 1.38 bits per heavy atom. The van der Waals surface area contributed by atoms with E-state index in [1.807, 2.05) is 13.8 Å². The van der Waals surface area contributed by atoms with Crippen molar-refractivity contribution in [2.45, 2.75) is 20.0 Å². The molecule has 0 unspecified atom stereocenters. The Bertz CT molecular complexity index is 325. The molecule has 0 fully saturated rings. The smallest absolute Gasteiger partial charge is 0.329 e. The largest absolute Gasteiger partial charge is 0.480 e. The van der Waals surface area contributed by atoms with E-state index in [0.717, 1.165) is 0 Å². The van der Waals surface area contributed by atoms with E-state index in [0.29, 0.717) is 52.8 Å². The van der Waals surface area contributed by atoms with Gasteiger partial charge in [-0.05, 0) is 13.8 Å². The Hall–Kier alpha value is -1.26. The van der Waals surface area contributed by atoms with Gasteiger partial charge in [0.25, 0.3) is 0 Å². The van der Waals surface area contributed by atoms with Crippen LogP contribution in [0.1, 0.15) is 13.8 Å². The molecule has 9 nitrogen and oxygen atoms in total. The normalized spacial score (nSPS) is 11.0. The molecule has 0 aromatic carbocycles. The number of carboxylic acids is 1. The highest BCUT2D eigenvalue weighted by molar-refractivity contribution is 5.77. The third kappa shape index (κ3) is 18.8. The van der Waals surface area contributed by atoms with Gasteiger partial charge in [0.2, 0.25) is 5.91 Å². The first-order valence-corrected chi connectivity index (χ1v) is 7.93. The molecule has 0 rings (SSSR count). The van der Waals surface area contributed by atoms with Gasteiger partial charge in [0.05, 0.1) is 52.4 Å². The lowest BCUT2D eigenvalue weighted by molar-refractivity contribution is -0.143. The fourth-order valence-electron chi connectivity index (χ4n) is 1.43. The van der Waals surface area contributed by atoms with Crippen LogP contribution in [-0.2, 0) is 33.3 Å². The maximum absolute atomic E-state index is 11.2. The van der Waals surface area contributed by atoms with E-state index in [4.69, 9.17) is 24.1 Å². The van der Waals surface area contributed by atoms with E-state index >= 15 is 0 Å². The number of nitrogens with one attached hydrogen (secondary N) is 1. The second-order valence-corrected chi connectivity index (χ2v) is 4.99. The number of aliphatic carboxylic acids is 1. The maximum Gasteiger partial charge on any atom is 0.329 e. The number of ether oxygens (including phenoxy) is 5. The molecule has 0 atom stereocenters. The van der Waals surface area contributed by atoms with E-state index in [1.54, 1.807) is 0 Å². The van der Waals surface area contributed by atoms with Crippen LogP contribution in [-0.4, -0.2) is 89.1 Å². The molecule has 2 N–H and O–H groups in total. The molecule has 1 amide bonds. The highest BCUT2D eigenvalue weighted by atomic mass is 16.6. The molecular weight excluding hydrogens is 322 g/mol. The van der Waals surface area contributed by atoms with Crippen molar-refractivity contribution in [3.05, 3.63) is 0 Å². The minimum Gasteiger partial charge on any atom is -0.480 e. The zero-order valence-electron chi connectivity index (χ0n) is 14.5. The van der Waals surface area contributed by atoms with Crippen LogP contribution in [0.15, 0.2) is 0 Å². The molecule has 9 heteroatoms. The Kier molecular flexibility index (Phi) is 15.7. The SMILES string of the molecule is CC(C)OCCOCCOCCOCCNC(=O)COCC(=O)O. The molecule has 0 aliphatic carbocycles. The Labute approximate surface area is 142 Å². The molecule has 0 aromatic heterocycles. The number of carbonyl (C=O) groups is 2.